The van der Waals surface area contributed by atoms with Crippen molar-refractivity contribution in [1.82, 2.24) is 14.5 Å². The summed E-state index contributed by atoms with van der Waals surface area (Å²) in [6.45, 7) is 1.57. The first-order valence-corrected chi connectivity index (χ1v) is 10.3. The van der Waals surface area contributed by atoms with Gasteiger partial charge in [-0.2, -0.15) is 16.4 Å². The molecule has 1 atom stereocenters. The summed E-state index contributed by atoms with van der Waals surface area (Å²) >= 11 is 1.55. The first kappa shape index (κ1) is 18.3. The largest absolute Gasteiger partial charge is 0.326 e. The molecule has 3 rings (SSSR count). The Morgan fingerprint density at radius 1 is 1.27 bits per heavy atom. The van der Waals surface area contributed by atoms with Crippen molar-refractivity contribution in [3.63, 3.8) is 0 Å². The summed E-state index contributed by atoms with van der Waals surface area (Å²) in [5, 5.41) is 10.8. The number of anilines is 1. The fourth-order valence-corrected chi connectivity index (χ4v) is 4.23. The van der Waals surface area contributed by atoms with Crippen LogP contribution in [0.5, 0.6) is 0 Å². The van der Waals surface area contributed by atoms with Crippen LogP contribution in [0.2, 0.25) is 0 Å². The molecule has 7 nitrogen and oxygen atoms in total. The van der Waals surface area contributed by atoms with Gasteiger partial charge in [0.1, 0.15) is 0 Å². The molecule has 0 radical (unpaired) electrons. The molecular weight excluding hydrogens is 372 g/mol. The molecule has 0 bridgehead atoms. The number of rotatable bonds is 7. The van der Waals surface area contributed by atoms with E-state index in [1.807, 2.05) is 16.8 Å². The zero-order chi connectivity index (χ0) is 18.6. The fraction of sp³-hybridized carbons (Fsp3) is 0.176. The van der Waals surface area contributed by atoms with Crippen LogP contribution < -0.4 is 10.0 Å². The van der Waals surface area contributed by atoms with Crippen molar-refractivity contribution < 1.29 is 13.2 Å². The van der Waals surface area contributed by atoms with Gasteiger partial charge in [0.25, 0.3) is 0 Å². The third kappa shape index (κ3) is 4.37. The lowest BCUT2D eigenvalue weighted by Crippen LogP contribution is -2.31. The van der Waals surface area contributed by atoms with Gasteiger partial charge >= 0.3 is 0 Å². The van der Waals surface area contributed by atoms with E-state index in [9.17, 15) is 13.2 Å². The lowest BCUT2D eigenvalue weighted by Gasteiger charge is -2.17. The second-order valence-electron chi connectivity index (χ2n) is 5.62. The molecule has 3 aromatic rings. The summed E-state index contributed by atoms with van der Waals surface area (Å²) in [5.74, 6) is -0.212. The average Bonchev–Trinajstić information content (AvgIpc) is 3.29. The minimum atomic E-state index is -3.68. The van der Waals surface area contributed by atoms with Crippen molar-refractivity contribution in [3.8, 4) is 0 Å². The predicted octanol–water partition coefficient (Wildman–Crippen LogP) is 2.47. The molecule has 1 amide bonds. The number of hydrogen-bond donors (Lipinski definition) is 2. The molecular formula is C17H18N4O3S2. The molecule has 26 heavy (non-hydrogen) atoms. The SMILES string of the molecule is CC(=O)Nc1ccc(S(=O)(=O)NCC(c2ccsc2)n2cccn2)cc1. The van der Waals surface area contributed by atoms with Crippen LogP contribution in [0.3, 0.4) is 0 Å². The van der Waals surface area contributed by atoms with Crippen LogP contribution in [0.25, 0.3) is 0 Å². The van der Waals surface area contributed by atoms with E-state index in [-0.39, 0.29) is 23.4 Å². The standard InChI is InChI=1S/C17H18N4O3S2/c1-13(22)20-15-3-5-16(6-4-15)26(23,24)19-11-17(14-7-10-25-12-14)21-9-2-8-18-21/h2-10,12,17,19H,11H2,1H3,(H,20,22). The van der Waals surface area contributed by atoms with Gasteiger partial charge in [-0.1, -0.05) is 0 Å². The number of nitrogens with zero attached hydrogens (tertiary/aromatic N) is 2. The molecule has 1 unspecified atom stereocenters. The Morgan fingerprint density at radius 2 is 2.04 bits per heavy atom. The molecule has 136 valence electrons. The molecule has 0 aliphatic rings. The number of carbonyl (C=O) groups is 1. The maximum Gasteiger partial charge on any atom is 0.240 e. The van der Waals surface area contributed by atoms with Gasteiger partial charge in [0.2, 0.25) is 15.9 Å². The second-order valence-corrected chi connectivity index (χ2v) is 8.16. The smallest absolute Gasteiger partial charge is 0.240 e. The van der Waals surface area contributed by atoms with Gasteiger partial charge in [-0.15, -0.1) is 0 Å². The van der Waals surface area contributed by atoms with Crippen molar-refractivity contribution in [2.45, 2.75) is 17.9 Å². The Labute approximate surface area is 155 Å². The molecule has 1 aromatic carbocycles. The number of benzene rings is 1. The monoisotopic (exact) mass is 390 g/mol. The number of thiophene rings is 1. The van der Waals surface area contributed by atoms with Crippen molar-refractivity contribution in [2.24, 2.45) is 0 Å². The van der Waals surface area contributed by atoms with Gasteiger partial charge in [-0.3, -0.25) is 9.48 Å². The van der Waals surface area contributed by atoms with Crippen molar-refractivity contribution in [1.29, 1.82) is 0 Å². The molecule has 0 saturated carbocycles. The Bertz CT molecular complexity index is 916. The third-order valence-corrected chi connectivity index (χ3v) is 5.86. The van der Waals surface area contributed by atoms with Crippen LogP contribution in [-0.4, -0.2) is 30.7 Å². The maximum atomic E-state index is 12.6. The molecule has 2 heterocycles. The second kappa shape index (κ2) is 7.81. The van der Waals surface area contributed by atoms with E-state index >= 15 is 0 Å². The molecule has 2 N–H and O–H groups in total. The molecule has 9 heteroatoms. The lowest BCUT2D eigenvalue weighted by atomic mass is 10.1. The Balaban J connectivity index is 1.75. The van der Waals surface area contributed by atoms with E-state index < -0.39 is 10.0 Å². The zero-order valence-electron chi connectivity index (χ0n) is 14.0. The fourth-order valence-electron chi connectivity index (χ4n) is 2.49. The highest BCUT2D eigenvalue weighted by atomic mass is 32.2. The number of hydrogen-bond acceptors (Lipinski definition) is 5. The number of nitrogens with one attached hydrogen (secondary N) is 2. The third-order valence-electron chi connectivity index (χ3n) is 3.72. The average molecular weight is 390 g/mol. The van der Waals surface area contributed by atoms with Crippen LogP contribution in [0.15, 0.2) is 64.4 Å². The van der Waals surface area contributed by atoms with E-state index in [0.29, 0.717) is 5.69 Å². The zero-order valence-corrected chi connectivity index (χ0v) is 15.6. The molecule has 0 aliphatic carbocycles. The van der Waals surface area contributed by atoms with Crippen LogP contribution in [-0.2, 0) is 14.8 Å². The lowest BCUT2D eigenvalue weighted by molar-refractivity contribution is -0.114. The molecule has 0 aliphatic heterocycles. The Morgan fingerprint density at radius 3 is 2.62 bits per heavy atom. The highest BCUT2D eigenvalue weighted by molar-refractivity contribution is 7.89. The summed E-state index contributed by atoms with van der Waals surface area (Å²) in [5.41, 5.74) is 1.53. The highest BCUT2D eigenvalue weighted by Gasteiger charge is 2.20. The first-order valence-electron chi connectivity index (χ1n) is 7.84. The highest BCUT2D eigenvalue weighted by Crippen LogP contribution is 2.21. The minimum absolute atomic E-state index is 0.135. The predicted molar refractivity (Wildman–Crippen MR) is 101 cm³/mol. The Hall–Kier alpha value is -2.49. The van der Waals surface area contributed by atoms with Crippen molar-refractivity contribution in [2.75, 3.05) is 11.9 Å². The Kier molecular flexibility index (Phi) is 5.50. The van der Waals surface area contributed by atoms with Gasteiger partial charge in [0, 0.05) is 31.5 Å². The minimum Gasteiger partial charge on any atom is -0.326 e. The molecule has 2 aromatic heterocycles. The number of sulfonamides is 1. The topological polar surface area (TPSA) is 93.1 Å². The quantitative estimate of drug-likeness (QED) is 0.648. The van der Waals surface area contributed by atoms with Crippen molar-refractivity contribution >= 4 is 33.0 Å². The summed E-state index contributed by atoms with van der Waals surface area (Å²) < 4.78 is 29.5. The van der Waals surface area contributed by atoms with Crippen LogP contribution in [0.4, 0.5) is 5.69 Å². The number of carbonyl (C=O) groups excluding carboxylic acids is 1. The summed E-state index contributed by atoms with van der Waals surface area (Å²) in [4.78, 5) is 11.2. The van der Waals surface area contributed by atoms with E-state index in [2.05, 4.69) is 15.1 Å². The molecule has 0 spiro atoms. The van der Waals surface area contributed by atoms with Gasteiger partial charge < -0.3 is 5.32 Å². The van der Waals surface area contributed by atoms with Gasteiger partial charge in [-0.05, 0) is 52.7 Å². The van der Waals surface area contributed by atoms with Crippen molar-refractivity contribution in [3.05, 3.63) is 65.1 Å². The van der Waals surface area contributed by atoms with Gasteiger partial charge in [0.05, 0.1) is 10.9 Å². The summed E-state index contributed by atoms with van der Waals surface area (Å²) in [7, 11) is -3.68. The number of amides is 1. The van der Waals surface area contributed by atoms with E-state index in [4.69, 9.17) is 0 Å². The summed E-state index contributed by atoms with van der Waals surface area (Å²) in [6.07, 6.45) is 3.47. The first-order chi connectivity index (χ1) is 12.5. The number of aromatic nitrogens is 2. The van der Waals surface area contributed by atoms with Gasteiger partial charge in [-0.25, -0.2) is 13.1 Å². The van der Waals surface area contributed by atoms with Gasteiger partial charge in [0.15, 0.2) is 0 Å². The van der Waals surface area contributed by atoms with E-state index in [1.165, 1.54) is 19.1 Å². The van der Waals surface area contributed by atoms with Crippen LogP contribution in [0, 0.1) is 0 Å². The molecule has 0 fully saturated rings. The van der Waals surface area contributed by atoms with E-state index in [0.717, 1.165) is 5.56 Å². The van der Waals surface area contributed by atoms with Crippen LogP contribution in [0.1, 0.15) is 18.5 Å². The summed E-state index contributed by atoms with van der Waals surface area (Å²) in [6, 6.07) is 9.55. The normalized spacial score (nSPS) is 12.7. The maximum absolute atomic E-state index is 12.6. The van der Waals surface area contributed by atoms with E-state index in [1.54, 1.807) is 46.6 Å². The molecule has 0 saturated heterocycles. The van der Waals surface area contributed by atoms with Crippen LogP contribution >= 0.6 is 11.3 Å².